The second kappa shape index (κ2) is 6.14. The molecular weight excluding hydrogens is 328 g/mol. The van der Waals surface area contributed by atoms with Crippen LogP contribution in [0.3, 0.4) is 0 Å². The predicted octanol–water partition coefficient (Wildman–Crippen LogP) is 4.20. The van der Waals surface area contributed by atoms with Gasteiger partial charge in [0.2, 0.25) is 0 Å². The fourth-order valence-corrected chi connectivity index (χ4v) is 2.65. The first-order valence-electron chi connectivity index (χ1n) is 6.99. The number of aryl methyl sites for hydroxylation is 1. The molecule has 0 aliphatic carbocycles. The number of imidazole rings is 1. The summed E-state index contributed by atoms with van der Waals surface area (Å²) < 4.78 is 1.81. The number of rotatable bonds is 3. The van der Waals surface area contributed by atoms with Crippen LogP contribution < -0.4 is 0 Å². The second-order valence-corrected chi connectivity index (χ2v) is 5.53. The van der Waals surface area contributed by atoms with Crippen molar-refractivity contribution in [3.63, 3.8) is 0 Å². The third kappa shape index (κ3) is 2.73. The quantitative estimate of drug-likeness (QED) is 0.407. The molecule has 0 aliphatic rings. The van der Waals surface area contributed by atoms with Crippen LogP contribution in [0.4, 0.5) is 5.69 Å². The number of fused-ring (bicyclic) bond motifs is 1. The van der Waals surface area contributed by atoms with Gasteiger partial charge in [0.15, 0.2) is 5.82 Å². The number of halogens is 1. The van der Waals surface area contributed by atoms with Crippen molar-refractivity contribution in [2.75, 3.05) is 0 Å². The number of benzene rings is 2. The Labute approximate surface area is 142 Å². The Bertz CT molecular complexity index is 1030. The second-order valence-electron chi connectivity index (χ2n) is 5.12. The zero-order valence-electron chi connectivity index (χ0n) is 12.6. The zero-order chi connectivity index (χ0) is 17.3. The number of nitrogens with zero attached hydrogens (tertiary/aromatic N) is 4. The lowest BCUT2D eigenvalue weighted by atomic mass is 10.1. The molecule has 2 aromatic carbocycles. The summed E-state index contributed by atoms with van der Waals surface area (Å²) in [4.78, 5) is 14.9. The van der Waals surface area contributed by atoms with Crippen molar-refractivity contribution in [3.05, 3.63) is 69.0 Å². The molecule has 0 radical (unpaired) electrons. The third-order valence-corrected chi connectivity index (χ3v) is 3.95. The maximum absolute atomic E-state index is 11.0. The molecule has 0 bridgehead atoms. The van der Waals surface area contributed by atoms with E-state index >= 15 is 0 Å². The van der Waals surface area contributed by atoms with Gasteiger partial charge >= 0.3 is 0 Å². The van der Waals surface area contributed by atoms with E-state index in [1.54, 1.807) is 12.1 Å². The average molecular weight is 339 g/mol. The first-order chi connectivity index (χ1) is 11.5. The highest BCUT2D eigenvalue weighted by Crippen LogP contribution is 2.28. The SMILES string of the molecule is Cn1c(C(C#N)=Cc2ccc(Cl)c([N+](=O)[O-])c2)nc2ccccc21. The van der Waals surface area contributed by atoms with Crippen LogP contribution in [-0.4, -0.2) is 14.5 Å². The van der Waals surface area contributed by atoms with Gasteiger partial charge in [0, 0.05) is 13.1 Å². The van der Waals surface area contributed by atoms with Gasteiger partial charge in [-0.15, -0.1) is 0 Å². The van der Waals surface area contributed by atoms with E-state index in [0.29, 0.717) is 17.0 Å². The zero-order valence-corrected chi connectivity index (χ0v) is 13.4. The van der Waals surface area contributed by atoms with Gasteiger partial charge in [-0.25, -0.2) is 4.98 Å². The van der Waals surface area contributed by atoms with Crippen LogP contribution >= 0.6 is 11.6 Å². The number of allylic oxidation sites excluding steroid dienone is 1. The van der Waals surface area contributed by atoms with Gasteiger partial charge in [-0.1, -0.05) is 29.8 Å². The number of aromatic nitrogens is 2. The monoisotopic (exact) mass is 338 g/mol. The van der Waals surface area contributed by atoms with Gasteiger partial charge in [0.25, 0.3) is 5.69 Å². The van der Waals surface area contributed by atoms with Crippen molar-refractivity contribution >= 4 is 40.0 Å². The fourth-order valence-electron chi connectivity index (χ4n) is 2.46. The highest BCUT2D eigenvalue weighted by atomic mass is 35.5. The van der Waals surface area contributed by atoms with E-state index in [0.717, 1.165) is 11.0 Å². The third-order valence-electron chi connectivity index (χ3n) is 3.63. The number of hydrogen-bond donors (Lipinski definition) is 0. The van der Waals surface area contributed by atoms with Crippen LogP contribution in [0.1, 0.15) is 11.4 Å². The van der Waals surface area contributed by atoms with E-state index in [4.69, 9.17) is 11.6 Å². The summed E-state index contributed by atoms with van der Waals surface area (Å²) >= 11 is 5.81. The molecule has 3 rings (SSSR count). The Morgan fingerprint density at radius 3 is 2.79 bits per heavy atom. The van der Waals surface area contributed by atoms with E-state index in [2.05, 4.69) is 11.1 Å². The van der Waals surface area contributed by atoms with Gasteiger partial charge in [-0.05, 0) is 29.8 Å². The Hall–Kier alpha value is -3.17. The summed E-state index contributed by atoms with van der Waals surface area (Å²) in [5, 5.41) is 20.5. The van der Waals surface area contributed by atoms with Crippen molar-refractivity contribution in [2.45, 2.75) is 0 Å². The van der Waals surface area contributed by atoms with Crippen LogP contribution in [0.25, 0.3) is 22.7 Å². The van der Waals surface area contributed by atoms with Crippen LogP contribution in [0.2, 0.25) is 5.02 Å². The summed E-state index contributed by atoms with van der Waals surface area (Å²) in [6.45, 7) is 0. The molecule has 0 atom stereocenters. The van der Waals surface area contributed by atoms with Crippen molar-refractivity contribution in [2.24, 2.45) is 7.05 Å². The maximum atomic E-state index is 11.0. The minimum atomic E-state index is -0.555. The molecule has 0 unspecified atom stereocenters. The van der Waals surface area contributed by atoms with E-state index in [1.807, 2.05) is 35.9 Å². The minimum absolute atomic E-state index is 0.0541. The summed E-state index contributed by atoms with van der Waals surface area (Å²) in [6, 6.07) is 14.0. The fraction of sp³-hybridized carbons (Fsp3) is 0.0588. The summed E-state index contributed by atoms with van der Waals surface area (Å²) in [5.74, 6) is 0.497. The van der Waals surface area contributed by atoms with E-state index in [-0.39, 0.29) is 10.7 Å². The van der Waals surface area contributed by atoms with Crippen LogP contribution in [0.5, 0.6) is 0 Å². The van der Waals surface area contributed by atoms with Gasteiger partial charge in [0.1, 0.15) is 11.1 Å². The smallest absolute Gasteiger partial charge is 0.288 e. The molecule has 3 aromatic rings. The number of nitro groups is 1. The number of hydrogen-bond acceptors (Lipinski definition) is 4. The molecule has 0 saturated heterocycles. The van der Waals surface area contributed by atoms with E-state index < -0.39 is 4.92 Å². The Kier molecular flexibility index (Phi) is 4.02. The molecule has 0 N–H and O–H groups in total. The Morgan fingerprint density at radius 2 is 2.12 bits per heavy atom. The topological polar surface area (TPSA) is 84.8 Å². The molecule has 0 aliphatic heterocycles. The number of para-hydroxylation sites is 2. The summed E-state index contributed by atoms with van der Waals surface area (Å²) in [7, 11) is 1.82. The Balaban J connectivity index is 2.13. The first kappa shape index (κ1) is 15.7. The molecule has 0 spiro atoms. The molecule has 118 valence electrons. The lowest BCUT2D eigenvalue weighted by Gasteiger charge is -2.02. The average Bonchev–Trinajstić information content (AvgIpc) is 2.91. The van der Waals surface area contributed by atoms with E-state index in [1.165, 1.54) is 12.1 Å². The molecule has 0 amide bonds. The highest BCUT2D eigenvalue weighted by Gasteiger charge is 2.15. The predicted molar refractivity (Wildman–Crippen MR) is 92.3 cm³/mol. The standard InChI is InChI=1S/C17H11ClN4O2/c1-21-15-5-3-2-4-14(15)20-17(21)12(10-19)8-11-6-7-13(18)16(9-11)22(23)24/h2-9H,1H3. The largest absolute Gasteiger partial charge is 0.327 e. The van der Waals surface area contributed by atoms with Crippen molar-refractivity contribution in [1.82, 2.24) is 9.55 Å². The highest BCUT2D eigenvalue weighted by molar-refractivity contribution is 6.32. The Morgan fingerprint density at radius 1 is 1.38 bits per heavy atom. The summed E-state index contributed by atoms with van der Waals surface area (Å²) in [6.07, 6.45) is 1.56. The number of nitriles is 1. The molecule has 1 heterocycles. The number of nitro benzene ring substituents is 1. The molecule has 1 aromatic heterocycles. The van der Waals surface area contributed by atoms with E-state index in [9.17, 15) is 15.4 Å². The molecule has 0 saturated carbocycles. The first-order valence-corrected chi connectivity index (χ1v) is 7.36. The molecule has 0 fully saturated rings. The van der Waals surface area contributed by atoms with Gasteiger partial charge in [0.05, 0.1) is 21.5 Å². The summed E-state index contributed by atoms with van der Waals surface area (Å²) in [5.41, 5.74) is 2.29. The lowest BCUT2D eigenvalue weighted by molar-refractivity contribution is -0.384. The molecular formula is C17H11ClN4O2. The molecule has 24 heavy (non-hydrogen) atoms. The minimum Gasteiger partial charge on any atom is -0.327 e. The van der Waals surface area contributed by atoms with Crippen molar-refractivity contribution in [3.8, 4) is 6.07 Å². The van der Waals surface area contributed by atoms with Gasteiger partial charge in [-0.3, -0.25) is 10.1 Å². The van der Waals surface area contributed by atoms with Gasteiger partial charge in [-0.2, -0.15) is 5.26 Å². The van der Waals surface area contributed by atoms with Crippen LogP contribution in [-0.2, 0) is 7.05 Å². The molecule has 6 nitrogen and oxygen atoms in total. The van der Waals surface area contributed by atoms with Crippen molar-refractivity contribution in [1.29, 1.82) is 5.26 Å². The maximum Gasteiger partial charge on any atom is 0.288 e. The molecule has 7 heteroatoms. The van der Waals surface area contributed by atoms with Crippen LogP contribution in [0, 0.1) is 21.4 Å². The van der Waals surface area contributed by atoms with Crippen LogP contribution in [0.15, 0.2) is 42.5 Å². The lowest BCUT2D eigenvalue weighted by Crippen LogP contribution is -1.96. The normalized spacial score (nSPS) is 11.5. The van der Waals surface area contributed by atoms with Gasteiger partial charge < -0.3 is 4.57 Å². The van der Waals surface area contributed by atoms with Crippen molar-refractivity contribution < 1.29 is 4.92 Å².